The molecule has 0 saturated carbocycles. The lowest BCUT2D eigenvalue weighted by Crippen LogP contribution is -1.91. The van der Waals surface area contributed by atoms with Gasteiger partial charge in [0.15, 0.2) is 0 Å². The van der Waals surface area contributed by atoms with Gasteiger partial charge in [-0.2, -0.15) is 0 Å². The summed E-state index contributed by atoms with van der Waals surface area (Å²) in [6.07, 6.45) is 3.27. The molecular weight excluding hydrogens is 134 g/mol. The van der Waals surface area contributed by atoms with Crippen molar-refractivity contribution < 1.29 is 0 Å². The largest absolute Gasteiger partial charge is 0.373 e. The number of H-pyrrole nitrogens is 1. The summed E-state index contributed by atoms with van der Waals surface area (Å²) in [5.41, 5.74) is 0. The summed E-state index contributed by atoms with van der Waals surface area (Å²) in [6.45, 7) is 0. The molecule has 0 unspecified atom stereocenters. The maximum atomic E-state index is 4.81. The van der Waals surface area contributed by atoms with E-state index in [0.29, 0.717) is 4.64 Å². The number of nitrogens with one attached hydrogen (secondary N) is 2. The zero-order valence-corrected chi connectivity index (χ0v) is 5.83. The predicted molar refractivity (Wildman–Crippen MR) is 39.0 cm³/mol. The molecule has 2 N–H and O–H groups in total. The molecule has 48 valence electrons. The molecule has 0 radical (unpaired) electrons. The second kappa shape index (κ2) is 2.59. The van der Waals surface area contributed by atoms with Crippen molar-refractivity contribution in [1.29, 1.82) is 0 Å². The molecule has 1 rings (SSSR count). The molecule has 0 amide bonds. The molecule has 1 aromatic heterocycles. The Hall–Kier alpha value is -0.900. The quantitative estimate of drug-likeness (QED) is 0.577. The Labute approximate surface area is 58.1 Å². The van der Waals surface area contributed by atoms with Gasteiger partial charge in [0, 0.05) is 7.05 Å². The Bertz CT molecular complexity index is 242. The highest BCUT2D eigenvalue weighted by molar-refractivity contribution is 7.71. The minimum Gasteiger partial charge on any atom is -0.373 e. The van der Waals surface area contributed by atoms with Gasteiger partial charge in [0.2, 0.25) is 0 Å². The van der Waals surface area contributed by atoms with E-state index in [2.05, 4.69) is 15.3 Å². The number of hydrogen-bond donors (Lipinski definition) is 2. The highest BCUT2D eigenvalue weighted by Crippen LogP contribution is 1.94. The Balaban J connectivity index is 3.08. The third kappa shape index (κ3) is 1.50. The van der Waals surface area contributed by atoms with Crippen LogP contribution in [0.5, 0.6) is 0 Å². The monoisotopic (exact) mass is 141 g/mol. The van der Waals surface area contributed by atoms with E-state index < -0.39 is 0 Å². The van der Waals surface area contributed by atoms with Crippen LogP contribution in [0.4, 0.5) is 5.82 Å². The summed E-state index contributed by atoms with van der Waals surface area (Å²) in [4.78, 5) is 6.76. The number of hydrogen-bond acceptors (Lipinski definition) is 3. The molecule has 0 bridgehead atoms. The lowest BCUT2D eigenvalue weighted by Gasteiger charge is -1.95. The lowest BCUT2D eigenvalue weighted by atomic mass is 10.7. The van der Waals surface area contributed by atoms with Crippen LogP contribution < -0.4 is 5.32 Å². The fourth-order valence-electron chi connectivity index (χ4n) is 0.504. The average molecular weight is 141 g/mol. The molecule has 0 atom stereocenters. The smallest absolute Gasteiger partial charge is 0.123 e. The molecule has 0 aliphatic carbocycles. The molecule has 4 heteroatoms. The van der Waals surface area contributed by atoms with Crippen LogP contribution >= 0.6 is 12.2 Å². The van der Waals surface area contributed by atoms with Crippen molar-refractivity contribution in [3.05, 3.63) is 17.0 Å². The van der Waals surface area contributed by atoms with Crippen LogP contribution in [0.1, 0.15) is 0 Å². The van der Waals surface area contributed by atoms with Gasteiger partial charge < -0.3 is 10.3 Å². The molecular formula is C5H7N3S. The summed E-state index contributed by atoms with van der Waals surface area (Å²) >= 11 is 4.81. The molecule has 0 aromatic carbocycles. The van der Waals surface area contributed by atoms with Crippen LogP contribution in [0.25, 0.3) is 0 Å². The van der Waals surface area contributed by atoms with Crippen molar-refractivity contribution in [3.8, 4) is 0 Å². The fourth-order valence-corrected chi connectivity index (χ4v) is 0.675. The minimum absolute atomic E-state index is 0.641. The summed E-state index contributed by atoms with van der Waals surface area (Å²) in [5, 5.41) is 2.88. The third-order valence-electron chi connectivity index (χ3n) is 0.923. The van der Waals surface area contributed by atoms with E-state index >= 15 is 0 Å². The first-order valence-electron chi connectivity index (χ1n) is 2.55. The first kappa shape index (κ1) is 6.22. The van der Waals surface area contributed by atoms with Crippen LogP contribution in [0.3, 0.4) is 0 Å². The zero-order valence-electron chi connectivity index (χ0n) is 5.01. The standard InChI is InChI=1S/C5H7N3S/c1-6-4-2-7-3-5(9)8-4/h2-3H,1H3,(H2,6,8,9). The topological polar surface area (TPSA) is 40.7 Å². The van der Waals surface area contributed by atoms with Gasteiger partial charge >= 0.3 is 0 Å². The molecule has 0 saturated heterocycles. The van der Waals surface area contributed by atoms with Crippen LogP contribution in [0.2, 0.25) is 0 Å². The molecule has 9 heavy (non-hydrogen) atoms. The van der Waals surface area contributed by atoms with E-state index in [1.54, 1.807) is 12.4 Å². The van der Waals surface area contributed by atoms with Gasteiger partial charge in [-0.15, -0.1) is 0 Å². The van der Waals surface area contributed by atoms with Crippen molar-refractivity contribution in [3.63, 3.8) is 0 Å². The van der Waals surface area contributed by atoms with Gasteiger partial charge in [-0.1, -0.05) is 12.2 Å². The molecule has 1 heterocycles. The Morgan fingerprint density at radius 2 is 2.44 bits per heavy atom. The molecule has 0 aliphatic heterocycles. The zero-order chi connectivity index (χ0) is 6.69. The maximum absolute atomic E-state index is 4.81. The van der Waals surface area contributed by atoms with Gasteiger partial charge in [-0.25, -0.2) is 0 Å². The van der Waals surface area contributed by atoms with Crippen LogP contribution in [0, 0.1) is 4.64 Å². The molecule has 3 nitrogen and oxygen atoms in total. The number of rotatable bonds is 1. The third-order valence-corrected chi connectivity index (χ3v) is 1.13. The second-order valence-electron chi connectivity index (χ2n) is 1.56. The molecule has 0 aliphatic rings. The van der Waals surface area contributed by atoms with Crippen LogP contribution in [-0.2, 0) is 0 Å². The molecule has 0 fully saturated rings. The molecule has 1 aromatic rings. The Morgan fingerprint density at radius 3 is 2.89 bits per heavy atom. The number of anilines is 1. The second-order valence-corrected chi connectivity index (χ2v) is 2.00. The Morgan fingerprint density at radius 1 is 1.67 bits per heavy atom. The van der Waals surface area contributed by atoms with Crippen molar-refractivity contribution >= 4 is 18.0 Å². The van der Waals surface area contributed by atoms with Crippen molar-refractivity contribution in [1.82, 2.24) is 9.97 Å². The maximum Gasteiger partial charge on any atom is 0.123 e. The fraction of sp³-hybridized carbons (Fsp3) is 0.200. The number of aromatic nitrogens is 2. The van der Waals surface area contributed by atoms with Crippen molar-refractivity contribution in [2.24, 2.45) is 0 Å². The van der Waals surface area contributed by atoms with Crippen molar-refractivity contribution in [2.45, 2.75) is 0 Å². The predicted octanol–water partition coefficient (Wildman–Crippen LogP) is 1.18. The summed E-state index contributed by atoms with van der Waals surface area (Å²) in [6, 6.07) is 0. The minimum atomic E-state index is 0.641. The van der Waals surface area contributed by atoms with E-state index in [1.807, 2.05) is 7.05 Å². The average Bonchev–Trinajstić information content (AvgIpc) is 1.88. The van der Waals surface area contributed by atoms with Gasteiger partial charge in [0.1, 0.15) is 10.5 Å². The first-order valence-corrected chi connectivity index (χ1v) is 2.96. The van der Waals surface area contributed by atoms with E-state index in [9.17, 15) is 0 Å². The Kier molecular flexibility index (Phi) is 1.79. The highest BCUT2D eigenvalue weighted by Gasteiger charge is 1.82. The van der Waals surface area contributed by atoms with E-state index in [-0.39, 0.29) is 0 Å². The van der Waals surface area contributed by atoms with Gasteiger partial charge in [0.25, 0.3) is 0 Å². The van der Waals surface area contributed by atoms with Crippen LogP contribution in [-0.4, -0.2) is 17.0 Å². The summed E-state index contributed by atoms with van der Waals surface area (Å²) < 4.78 is 0.641. The van der Waals surface area contributed by atoms with Gasteiger partial charge in [-0.05, 0) is 0 Å². The van der Waals surface area contributed by atoms with Gasteiger partial charge in [0.05, 0.1) is 12.4 Å². The van der Waals surface area contributed by atoms with Gasteiger partial charge in [-0.3, -0.25) is 4.98 Å². The number of aromatic amines is 1. The van der Waals surface area contributed by atoms with Crippen molar-refractivity contribution in [2.75, 3.05) is 12.4 Å². The normalized spacial score (nSPS) is 9.00. The van der Waals surface area contributed by atoms with E-state index in [4.69, 9.17) is 12.2 Å². The summed E-state index contributed by atoms with van der Waals surface area (Å²) in [5.74, 6) is 0.836. The van der Waals surface area contributed by atoms with E-state index in [0.717, 1.165) is 5.82 Å². The van der Waals surface area contributed by atoms with E-state index in [1.165, 1.54) is 0 Å². The first-order chi connectivity index (χ1) is 4.33. The lowest BCUT2D eigenvalue weighted by molar-refractivity contribution is 1.17. The SMILES string of the molecule is CNc1cncc(=S)[nH]1. The summed E-state index contributed by atoms with van der Waals surface area (Å²) in [7, 11) is 1.81. The number of nitrogens with zero attached hydrogens (tertiary/aromatic N) is 1. The molecule has 0 spiro atoms. The highest BCUT2D eigenvalue weighted by atomic mass is 32.1. The van der Waals surface area contributed by atoms with Crippen LogP contribution in [0.15, 0.2) is 12.4 Å².